The first-order valence-electron chi connectivity index (χ1n) is 7.53. The van der Waals surface area contributed by atoms with Gasteiger partial charge in [0.25, 0.3) is 0 Å². The minimum atomic E-state index is -0.919. The van der Waals surface area contributed by atoms with Crippen LogP contribution in [0, 0.1) is 0 Å². The van der Waals surface area contributed by atoms with Crippen molar-refractivity contribution in [2.45, 2.75) is 77.7 Å². The number of carbonyl (C=O) groups excluding carboxylic acids is 1. The summed E-state index contributed by atoms with van der Waals surface area (Å²) in [6, 6.07) is -0.683. The Hall–Kier alpha value is -1.06. The molecule has 19 heavy (non-hydrogen) atoms. The number of carboxylic acids is 1. The van der Waals surface area contributed by atoms with Crippen LogP contribution in [0.4, 0.5) is 0 Å². The number of rotatable bonds is 11. The predicted octanol–water partition coefficient (Wildman–Crippen LogP) is 3.45. The molecular weight excluding hydrogens is 242 g/mol. The molecule has 4 nitrogen and oxygen atoms in total. The maximum Gasteiger partial charge on any atom is 0.326 e. The molecule has 0 fully saturated rings. The summed E-state index contributed by atoms with van der Waals surface area (Å²) in [6.07, 6.45) is 9.08. The normalized spacial score (nSPS) is 12.2. The van der Waals surface area contributed by atoms with Gasteiger partial charge in [-0.3, -0.25) is 4.79 Å². The molecule has 0 aliphatic heterocycles. The SMILES string of the molecule is CCCCCCCCCC(=O)N(C)C(CC)C(=O)O. The molecule has 1 amide bonds. The summed E-state index contributed by atoms with van der Waals surface area (Å²) in [6.45, 7) is 3.98. The number of hydrogen-bond acceptors (Lipinski definition) is 2. The summed E-state index contributed by atoms with van der Waals surface area (Å²) in [4.78, 5) is 24.2. The molecule has 0 aromatic carbocycles. The molecule has 0 spiro atoms. The summed E-state index contributed by atoms with van der Waals surface area (Å²) >= 11 is 0. The molecule has 0 saturated heterocycles. The molecule has 0 bridgehead atoms. The lowest BCUT2D eigenvalue weighted by Crippen LogP contribution is -2.41. The van der Waals surface area contributed by atoms with Gasteiger partial charge in [-0.2, -0.15) is 0 Å². The maximum atomic E-state index is 11.8. The molecule has 1 unspecified atom stereocenters. The molecule has 0 aliphatic rings. The van der Waals surface area contributed by atoms with Crippen LogP contribution in [0.15, 0.2) is 0 Å². The number of unbranched alkanes of at least 4 members (excludes halogenated alkanes) is 6. The Morgan fingerprint density at radius 1 is 1.00 bits per heavy atom. The van der Waals surface area contributed by atoms with Gasteiger partial charge in [-0.25, -0.2) is 4.79 Å². The molecule has 0 saturated carbocycles. The number of likely N-dealkylation sites (N-methyl/N-ethyl adjacent to an activating group) is 1. The van der Waals surface area contributed by atoms with Crippen molar-refractivity contribution in [3.63, 3.8) is 0 Å². The third-order valence-electron chi connectivity index (χ3n) is 3.53. The summed E-state index contributed by atoms with van der Waals surface area (Å²) in [5, 5.41) is 8.99. The van der Waals surface area contributed by atoms with Gasteiger partial charge in [0.15, 0.2) is 0 Å². The second kappa shape index (κ2) is 10.8. The van der Waals surface area contributed by atoms with E-state index in [0.29, 0.717) is 12.8 Å². The van der Waals surface area contributed by atoms with Gasteiger partial charge in [0, 0.05) is 13.5 Å². The Morgan fingerprint density at radius 3 is 2.00 bits per heavy atom. The van der Waals surface area contributed by atoms with Gasteiger partial charge >= 0.3 is 5.97 Å². The largest absolute Gasteiger partial charge is 0.480 e. The van der Waals surface area contributed by atoms with Crippen molar-refractivity contribution < 1.29 is 14.7 Å². The van der Waals surface area contributed by atoms with E-state index in [1.807, 2.05) is 0 Å². The van der Waals surface area contributed by atoms with Gasteiger partial charge < -0.3 is 10.0 Å². The molecule has 0 heterocycles. The molecule has 0 aliphatic carbocycles. The standard InChI is InChI=1S/C15H29NO3/c1-4-6-7-8-9-10-11-12-14(17)16(3)13(5-2)15(18)19/h13H,4-12H2,1-3H3,(H,18,19). The Morgan fingerprint density at radius 2 is 1.53 bits per heavy atom. The second-order valence-electron chi connectivity index (χ2n) is 5.14. The zero-order valence-corrected chi connectivity index (χ0v) is 12.7. The predicted molar refractivity (Wildman–Crippen MR) is 77.1 cm³/mol. The van der Waals surface area contributed by atoms with E-state index in [9.17, 15) is 9.59 Å². The molecule has 0 aromatic rings. The van der Waals surface area contributed by atoms with Crippen LogP contribution in [-0.2, 0) is 9.59 Å². The lowest BCUT2D eigenvalue weighted by Gasteiger charge is -2.23. The lowest BCUT2D eigenvalue weighted by molar-refractivity contribution is -0.149. The third kappa shape index (κ3) is 7.85. The minimum absolute atomic E-state index is 0.0530. The Bertz CT molecular complexity index is 266. The van der Waals surface area contributed by atoms with E-state index in [4.69, 9.17) is 5.11 Å². The molecule has 0 aromatic heterocycles. The van der Waals surface area contributed by atoms with Crippen molar-refractivity contribution in [2.75, 3.05) is 7.05 Å². The van der Waals surface area contributed by atoms with Crippen LogP contribution in [0.25, 0.3) is 0 Å². The Kier molecular flexibility index (Phi) is 10.2. The van der Waals surface area contributed by atoms with Crippen LogP contribution in [0.1, 0.15) is 71.6 Å². The van der Waals surface area contributed by atoms with Crippen LogP contribution in [0.5, 0.6) is 0 Å². The van der Waals surface area contributed by atoms with Crippen molar-refractivity contribution in [2.24, 2.45) is 0 Å². The zero-order chi connectivity index (χ0) is 14.7. The molecule has 1 atom stereocenters. The van der Waals surface area contributed by atoms with E-state index in [2.05, 4.69) is 6.92 Å². The average Bonchev–Trinajstić information content (AvgIpc) is 2.37. The van der Waals surface area contributed by atoms with Crippen LogP contribution in [0.2, 0.25) is 0 Å². The highest BCUT2D eigenvalue weighted by atomic mass is 16.4. The Labute approximate surface area is 117 Å². The molecular formula is C15H29NO3. The van der Waals surface area contributed by atoms with Crippen molar-refractivity contribution in [3.8, 4) is 0 Å². The average molecular weight is 271 g/mol. The smallest absolute Gasteiger partial charge is 0.326 e. The second-order valence-corrected chi connectivity index (χ2v) is 5.14. The summed E-state index contributed by atoms with van der Waals surface area (Å²) in [5.41, 5.74) is 0. The van der Waals surface area contributed by atoms with Gasteiger partial charge in [-0.15, -0.1) is 0 Å². The first-order chi connectivity index (χ1) is 9.04. The third-order valence-corrected chi connectivity index (χ3v) is 3.53. The Balaban J connectivity index is 3.76. The van der Waals surface area contributed by atoms with E-state index in [1.165, 1.54) is 37.0 Å². The lowest BCUT2D eigenvalue weighted by atomic mass is 10.1. The van der Waals surface area contributed by atoms with Gasteiger partial charge in [-0.05, 0) is 12.8 Å². The van der Waals surface area contributed by atoms with Crippen LogP contribution in [0.3, 0.4) is 0 Å². The van der Waals surface area contributed by atoms with Crippen molar-refractivity contribution in [3.05, 3.63) is 0 Å². The highest BCUT2D eigenvalue weighted by Gasteiger charge is 2.23. The molecule has 4 heteroatoms. The zero-order valence-electron chi connectivity index (χ0n) is 12.7. The quantitative estimate of drug-likeness (QED) is 0.586. The van der Waals surface area contributed by atoms with Crippen LogP contribution in [-0.4, -0.2) is 35.0 Å². The number of carboxylic acid groups (broad SMARTS) is 1. The topological polar surface area (TPSA) is 57.6 Å². The van der Waals surface area contributed by atoms with E-state index < -0.39 is 12.0 Å². The highest BCUT2D eigenvalue weighted by Crippen LogP contribution is 2.11. The first-order valence-corrected chi connectivity index (χ1v) is 7.53. The van der Waals surface area contributed by atoms with Gasteiger partial charge in [0.1, 0.15) is 6.04 Å². The maximum absolute atomic E-state index is 11.8. The fourth-order valence-electron chi connectivity index (χ4n) is 2.20. The summed E-state index contributed by atoms with van der Waals surface area (Å²) < 4.78 is 0. The van der Waals surface area contributed by atoms with Crippen molar-refractivity contribution in [1.29, 1.82) is 0 Å². The van der Waals surface area contributed by atoms with Gasteiger partial charge in [0.05, 0.1) is 0 Å². The first kappa shape index (κ1) is 17.9. The fraction of sp³-hybridized carbons (Fsp3) is 0.867. The molecule has 112 valence electrons. The van der Waals surface area contributed by atoms with Gasteiger partial charge in [-0.1, -0.05) is 52.4 Å². The number of nitrogens with zero attached hydrogens (tertiary/aromatic N) is 1. The summed E-state index contributed by atoms with van der Waals surface area (Å²) in [5.74, 6) is -0.972. The van der Waals surface area contributed by atoms with Crippen molar-refractivity contribution in [1.82, 2.24) is 4.90 Å². The van der Waals surface area contributed by atoms with Crippen molar-refractivity contribution >= 4 is 11.9 Å². The van der Waals surface area contributed by atoms with E-state index in [0.717, 1.165) is 12.8 Å². The minimum Gasteiger partial charge on any atom is -0.480 e. The van der Waals surface area contributed by atoms with E-state index in [1.54, 1.807) is 14.0 Å². The number of hydrogen-bond donors (Lipinski definition) is 1. The van der Waals surface area contributed by atoms with E-state index >= 15 is 0 Å². The van der Waals surface area contributed by atoms with Crippen LogP contribution < -0.4 is 0 Å². The molecule has 0 rings (SSSR count). The number of aliphatic carboxylic acids is 1. The number of carbonyl (C=O) groups is 2. The van der Waals surface area contributed by atoms with Crippen LogP contribution >= 0.6 is 0 Å². The van der Waals surface area contributed by atoms with Gasteiger partial charge in [0.2, 0.25) is 5.91 Å². The number of amides is 1. The molecule has 0 radical (unpaired) electrons. The summed E-state index contributed by atoms with van der Waals surface area (Å²) in [7, 11) is 1.59. The fourth-order valence-corrected chi connectivity index (χ4v) is 2.20. The van der Waals surface area contributed by atoms with E-state index in [-0.39, 0.29) is 5.91 Å². The highest BCUT2D eigenvalue weighted by molar-refractivity contribution is 5.83. The monoisotopic (exact) mass is 271 g/mol. The molecule has 1 N–H and O–H groups in total.